The van der Waals surface area contributed by atoms with Crippen LogP contribution in [-0.4, -0.2) is 19.0 Å². The molecule has 0 spiro atoms. The van der Waals surface area contributed by atoms with Crippen LogP contribution >= 0.6 is 0 Å². The predicted molar refractivity (Wildman–Crippen MR) is 40.8 cm³/mol. The Hall–Kier alpha value is -0.990. The van der Waals surface area contributed by atoms with Gasteiger partial charge in [-0.3, -0.25) is 0 Å². The third-order valence-electron chi connectivity index (χ3n) is 1.33. The average molecular weight is 140 g/mol. The van der Waals surface area contributed by atoms with Gasteiger partial charge in [0.25, 0.3) is 0 Å². The number of nitrogens with zero attached hydrogens (tertiary/aromatic N) is 1. The van der Waals surface area contributed by atoms with Crippen LogP contribution in [0.5, 0.6) is 0 Å². The summed E-state index contributed by atoms with van der Waals surface area (Å²) in [5, 5.41) is 0. The van der Waals surface area contributed by atoms with Crippen LogP contribution in [0.25, 0.3) is 0 Å². The topological polar surface area (TPSA) is 47.6 Å². The van der Waals surface area contributed by atoms with Crippen molar-refractivity contribution in [1.29, 1.82) is 0 Å². The van der Waals surface area contributed by atoms with Crippen molar-refractivity contribution < 1.29 is 4.74 Å². The molecule has 0 saturated carbocycles. The summed E-state index contributed by atoms with van der Waals surface area (Å²) in [6.07, 6.45) is 2.63. The van der Waals surface area contributed by atoms with Gasteiger partial charge in [-0.1, -0.05) is 6.92 Å². The normalized spacial score (nSPS) is 18.5. The SMILES string of the molecule is CC/C(N)=C/C1=NCCO1. The predicted octanol–water partition coefficient (Wildman–Crippen LogP) is 0.668. The zero-order chi connectivity index (χ0) is 7.40. The molecule has 56 valence electrons. The van der Waals surface area contributed by atoms with Crippen molar-refractivity contribution >= 4 is 5.90 Å². The smallest absolute Gasteiger partial charge is 0.210 e. The molecule has 0 fully saturated rings. The minimum atomic E-state index is 0.680. The van der Waals surface area contributed by atoms with Crippen molar-refractivity contribution in [3.05, 3.63) is 11.8 Å². The van der Waals surface area contributed by atoms with Gasteiger partial charge in [0.05, 0.1) is 6.54 Å². The van der Waals surface area contributed by atoms with Crippen LogP contribution in [0.2, 0.25) is 0 Å². The van der Waals surface area contributed by atoms with Crippen molar-refractivity contribution in [2.45, 2.75) is 13.3 Å². The first kappa shape index (κ1) is 7.12. The van der Waals surface area contributed by atoms with E-state index < -0.39 is 0 Å². The number of hydrogen-bond acceptors (Lipinski definition) is 3. The van der Waals surface area contributed by atoms with E-state index in [-0.39, 0.29) is 0 Å². The van der Waals surface area contributed by atoms with Gasteiger partial charge in [0, 0.05) is 11.8 Å². The van der Waals surface area contributed by atoms with Gasteiger partial charge < -0.3 is 10.5 Å². The quantitative estimate of drug-likeness (QED) is 0.612. The van der Waals surface area contributed by atoms with Gasteiger partial charge in [-0.25, -0.2) is 4.99 Å². The number of aliphatic imine (C=N–C) groups is 1. The molecule has 0 aliphatic carbocycles. The van der Waals surface area contributed by atoms with Gasteiger partial charge in [0.2, 0.25) is 5.90 Å². The maximum Gasteiger partial charge on any atom is 0.210 e. The van der Waals surface area contributed by atoms with Gasteiger partial charge >= 0.3 is 0 Å². The first-order chi connectivity index (χ1) is 4.83. The minimum Gasteiger partial charge on any atom is -0.476 e. The van der Waals surface area contributed by atoms with Crippen molar-refractivity contribution in [1.82, 2.24) is 0 Å². The molecule has 0 unspecified atom stereocenters. The van der Waals surface area contributed by atoms with Gasteiger partial charge in [0.1, 0.15) is 6.61 Å². The summed E-state index contributed by atoms with van der Waals surface area (Å²) in [6, 6.07) is 0. The molecule has 0 aromatic carbocycles. The zero-order valence-electron chi connectivity index (χ0n) is 6.13. The van der Waals surface area contributed by atoms with E-state index in [0.29, 0.717) is 12.5 Å². The summed E-state index contributed by atoms with van der Waals surface area (Å²) >= 11 is 0. The van der Waals surface area contributed by atoms with E-state index in [1.165, 1.54) is 0 Å². The third-order valence-corrected chi connectivity index (χ3v) is 1.33. The molecular weight excluding hydrogens is 128 g/mol. The molecule has 0 aromatic heterocycles. The molecule has 2 N–H and O–H groups in total. The monoisotopic (exact) mass is 140 g/mol. The van der Waals surface area contributed by atoms with Crippen LogP contribution in [0.3, 0.4) is 0 Å². The second kappa shape index (κ2) is 3.25. The lowest BCUT2D eigenvalue weighted by molar-refractivity contribution is 0.349. The highest BCUT2D eigenvalue weighted by Gasteiger charge is 2.02. The fraction of sp³-hybridized carbons (Fsp3) is 0.571. The lowest BCUT2D eigenvalue weighted by Crippen LogP contribution is -2.01. The van der Waals surface area contributed by atoms with Crippen molar-refractivity contribution in [2.75, 3.05) is 13.2 Å². The van der Waals surface area contributed by atoms with E-state index in [4.69, 9.17) is 10.5 Å². The molecule has 0 aromatic rings. The number of rotatable bonds is 2. The summed E-state index contributed by atoms with van der Waals surface area (Å²) in [5.74, 6) is 0.680. The molecule has 1 aliphatic rings. The molecule has 0 atom stereocenters. The van der Waals surface area contributed by atoms with E-state index in [2.05, 4.69) is 4.99 Å². The molecule has 10 heavy (non-hydrogen) atoms. The van der Waals surface area contributed by atoms with E-state index in [1.54, 1.807) is 6.08 Å². The molecule has 0 saturated heterocycles. The van der Waals surface area contributed by atoms with E-state index in [1.807, 2.05) is 6.92 Å². The van der Waals surface area contributed by atoms with Crippen molar-refractivity contribution in [3.8, 4) is 0 Å². The molecule has 0 radical (unpaired) electrons. The van der Waals surface area contributed by atoms with Crippen molar-refractivity contribution in [3.63, 3.8) is 0 Å². The Morgan fingerprint density at radius 2 is 2.70 bits per heavy atom. The van der Waals surface area contributed by atoms with Crippen LogP contribution in [0, 0.1) is 0 Å². The van der Waals surface area contributed by atoms with Crippen LogP contribution in [0.15, 0.2) is 16.8 Å². The summed E-state index contributed by atoms with van der Waals surface area (Å²) < 4.78 is 5.12. The molecule has 3 nitrogen and oxygen atoms in total. The van der Waals surface area contributed by atoms with Crippen LogP contribution in [0.1, 0.15) is 13.3 Å². The Bertz CT molecular complexity index is 172. The Labute approximate surface area is 60.6 Å². The fourth-order valence-corrected chi connectivity index (χ4v) is 0.700. The maximum atomic E-state index is 5.55. The molecular formula is C7H12N2O. The summed E-state index contributed by atoms with van der Waals surface area (Å²) in [4.78, 5) is 4.06. The highest BCUT2D eigenvalue weighted by atomic mass is 16.5. The van der Waals surface area contributed by atoms with Crippen LogP contribution < -0.4 is 5.73 Å². The van der Waals surface area contributed by atoms with E-state index in [9.17, 15) is 0 Å². The standard InChI is InChI=1S/C7H12N2O/c1-2-6(8)5-7-9-3-4-10-7/h5H,2-4,8H2,1H3/b6-5-. The fourth-order valence-electron chi connectivity index (χ4n) is 0.700. The number of ether oxygens (including phenoxy) is 1. The largest absolute Gasteiger partial charge is 0.476 e. The van der Waals surface area contributed by atoms with E-state index >= 15 is 0 Å². The lowest BCUT2D eigenvalue weighted by Gasteiger charge is -1.95. The van der Waals surface area contributed by atoms with Gasteiger partial charge in [0.15, 0.2) is 0 Å². The molecule has 0 bridgehead atoms. The Morgan fingerprint density at radius 1 is 1.90 bits per heavy atom. The lowest BCUT2D eigenvalue weighted by atomic mass is 10.3. The Kier molecular flexibility index (Phi) is 2.31. The van der Waals surface area contributed by atoms with Gasteiger partial charge in [-0.05, 0) is 6.42 Å². The average Bonchev–Trinajstić information content (AvgIpc) is 2.40. The summed E-state index contributed by atoms with van der Waals surface area (Å²) in [7, 11) is 0. The number of allylic oxidation sites excluding steroid dienone is 1. The van der Waals surface area contributed by atoms with E-state index in [0.717, 1.165) is 18.7 Å². The van der Waals surface area contributed by atoms with Crippen LogP contribution in [-0.2, 0) is 4.74 Å². The Balaban J connectivity index is 2.50. The molecule has 1 aliphatic heterocycles. The van der Waals surface area contributed by atoms with Gasteiger partial charge in [-0.2, -0.15) is 0 Å². The molecule has 1 heterocycles. The number of hydrogen-bond donors (Lipinski definition) is 1. The highest BCUT2D eigenvalue weighted by molar-refractivity contribution is 5.89. The highest BCUT2D eigenvalue weighted by Crippen LogP contribution is 1.98. The molecule has 0 amide bonds. The molecule has 3 heteroatoms. The summed E-state index contributed by atoms with van der Waals surface area (Å²) in [6.45, 7) is 3.47. The second-order valence-electron chi connectivity index (χ2n) is 2.14. The first-order valence-electron chi connectivity index (χ1n) is 3.46. The second-order valence-corrected chi connectivity index (χ2v) is 2.14. The van der Waals surface area contributed by atoms with Crippen molar-refractivity contribution in [2.24, 2.45) is 10.7 Å². The minimum absolute atomic E-state index is 0.680. The molecule has 1 rings (SSSR count). The van der Waals surface area contributed by atoms with Gasteiger partial charge in [-0.15, -0.1) is 0 Å². The maximum absolute atomic E-state index is 5.55. The zero-order valence-corrected chi connectivity index (χ0v) is 6.13. The number of nitrogens with two attached hydrogens (primary N) is 1. The third kappa shape index (κ3) is 1.76. The Morgan fingerprint density at radius 3 is 3.20 bits per heavy atom. The van der Waals surface area contributed by atoms with Crippen LogP contribution in [0.4, 0.5) is 0 Å². The first-order valence-corrected chi connectivity index (χ1v) is 3.46. The summed E-state index contributed by atoms with van der Waals surface area (Å²) in [5.41, 5.74) is 6.37.